The maximum Gasteiger partial charge on any atom is 0.263 e. The Balaban J connectivity index is 1.53. The average molecular weight is 274 g/mol. The van der Waals surface area contributed by atoms with Gasteiger partial charge in [0.15, 0.2) is 0 Å². The first-order chi connectivity index (χ1) is 9.83. The Bertz CT molecular complexity index is 614. The van der Waals surface area contributed by atoms with E-state index in [9.17, 15) is 0 Å². The van der Waals surface area contributed by atoms with Crippen molar-refractivity contribution in [2.75, 3.05) is 44.2 Å². The Kier molecular flexibility index (Phi) is 2.82. The zero-order valence-corrected chi connectivity index (χ0v) is 11.5. The van der Waals surface area contributed by atoms with Crippen LogP contribution < -0.4 is 10.2 Å². The lowest BCUT2D eigenvalue weighted by atomic mass is 10.1. The first-order valence-corrected chi connectivity index (χ1v) is 7.09. The van der Waals surface area contributed by atoms with E-state index in [-0.39, 0.29) is 0 Å². The lowest BCUT2D eigenvalue weighted by Gasteiger charge is -2.47. The predicted molar refractivity (Wildman–Crippen MR) is 74.8 cm³/mol. The zero-order valence-electron chi connectivity index (χ0n) is 11.5. The number of nitrogens with zero attached hydrogens (tertiary/aromatic N) is 5. The molecule has 20 heavy (non-hydrogen) atoms. The molecule has 2 aromatic rings. The van der Waals surface area contributed by atoms with Crippen molar-refractivity contribution in [3.05, 3.63) is 12.0 Å². The molecule has 7 nitrogen and oxygen atoms in total. The summed E-state index contributed by atoms with van der Waals surface area (Å²) in [7, 11) is 0. The zero-order chi connectivity index (χ0) is 13.5. The Morgan fingerprint density at radius 3 is 2.85 bits per heavy atom. The summed E-state index contributed by atoms with van der Waals surface area (Å²) in [4.78, 5) is 13.4. The van der Waals surface area contributed by atoms with Crippen molar-refractivity contribution in [1.82, 2.24) is 25.3 Å². The van der Waals surface area contributed by atoms with Crippen LogP contribution in [-0.4, -0.2) is 65.3 Å². The number of aryl methyl sites for hydroxylation is 1. The Labute approximate surface area is 116 Å². The van der Waals surface area contributed by atoms with Gasteiger partial charge in [-0.3, -0.25) is 4.90 Å². The minimum absolute atomic E-state index is 0.582. The second-order valence-electron chi connectivity index (χ2n) is 5.49. The molecule has 7 heteroatoms. The Morgan fingerprint density at radius 2 is 2.05 bits per heavy atom. The number of nitrogens with one attached hydrogen (secondary N) is 1. The first-order valence-electron chi connectivity index (χ1n) is 7.09. The van der Waals surface area contributed by atoms with E-state index in [2.05, 4.69) is 30.2 Å². The molecule has 0 radical (unpaired) electrons. The molecular formula is C13H18N6O. The molecule has 0 unspecified atom stereocenters. The smallest absolute Gasteiger partial charge is 0.263 e. The fraction of sp³-hybridized carbons (Fsp3) is 0.615. The van der Waals surface area contributed by atoms with Crippen molar-refractivity contribution < 1.29 is 4.52 Å². The van der Waals surface area contributed by atoms with E-state index in [4.69, 9.17) is 4.52 Å². The molecule has 0 bridgehead atoms. The summed E-state index contributed by atoms with van der Waals surface area (Å²) in [5.41, 5.74) is 1.44. The van der Waals surface area contributed by atoms with Gasteiger partial charge in [0.1, 0.15) is 17.5 Å². The van der Waals surface area contributed by atoms with Gasteiger partial charge >= 0.3 is 0 Å². The van der Waals surface area contributed by atoms with E-state index in [1.54, 1.807) is 6.33 Å². The highest BCUT2D eigenvalue weighted by Crippen LogP contribution is 2.30. The van der Waals surface area contributed by atoms with Gasteiger partial charge in [0.05, 0.1) is 5.69 Å². The van der Waals surface area contributed by atoms with Crippen LogP contribution in [0.25, 0.3) is 11.1 Å². The number of aromatic nitrogens is 3. The quantitative estimate of drug-likeness (QED) is 0.827. The van der Waals surface area contributed by atoms with E-state index >= 15 is 0 Å². The van der Waals surface area contributed by atoms with E-state index in [0.717, 1.165) is 56.2 Å². The van der Waals surface area contributed by atoms with Gasteiger partial charge in [-0.25, -0.2) is 4.98 Å². The summed E-state index contributed by atoms with van der Waals surface area (Å²) in [6.07, 6.45) is 1.56. The molecule has 2 aliphatic rings. The van der Waals surface area contributed by atoms with Crippen molar-refractivity contribution in [3.8, 4) is 0 Å². The SMILES string of the molecule is Cc1noc2ncnc(N3CC(N4CCNCC4)C3)c12. The molecule has 2 aromatic heterocycles. The molecule has 2 saturated heterocycles. The summed E-state index contributed by atoms with van der Waals surface area (Å²) < 4.78 is 5.20. The van der Waals surface area contributed by atoms with Crippen LogP contribution in [0.15, 0.2) is 10.9 Å². The van der Waals surface area contributed by atoms with Gasteiger partial charge in [0.2, 0.25) is 0 Å². The van der Waals surface area contributed by atoms with Gasteiger partial charge < -0.3 is 14.7 Å². The van der Waals surface area contributed by atoms with Crippen LogP contribution in [0.3, 0.4) is 0 Å². The molecule has 106 valence electrons. The van der Waals surface area contributed by atoms with E-state index in [0.29, 0.717) is 11.8 Å². The predicted octanol–water partition coefficient (Wildman–Crippen LogP) is 0.0200. The molecule has 0 saturated carbocycles. The molecule has 0 spiro atoms. The molecule has 4 heterocycles. The van der Waals surface area contributed by atoms with Crippen LogP contribution >= 0.6 is 0 Å². The van der Waals surface area contributed by atoms with Crippen LogP contribution in [0.2, 0.25) is 0 Å². The maximum absolute atomic E-state index is 5.20. The summed E-state index contributed by atoms with van der Waals surface area (Å²) in [6.45, 7) is 8.46. The summed E-state index contributed by atoms with van der Waals surface area (Å²) in [6, 6.07) is 0.641. The number of rotatable bonds is 2. The van der Waals surface area contributed by atoms with Gasteiger partial charge in [-0.05, 0) is 6.92 Å². The molecule has 0 aromatic carbocycles. The minimum atomic E-state index is 0.582. The summed E-state index contributed by atoms with van der Waals surface area (Å²) in [5.74, 6) is 0.958. The maximum atomic E-state index is 5.20. The molecule has 0 amide bonds. The average Bonchev–Trinajstić information content (AvgIpc) is 2.81. The topological polar surface area (TPSA) is 70.3 Å². The van der Waals surface area contributed by atoms with Crippen LogP contribution in [0, 0.1) is 6.92 Å². The highest BCUT2D eigenvalue weighted by atomic mass is 16.5. The number of hydrogen-bond acceptors (Lipinski definition) is 7. The van der Waals surface area contributed by atoms with Crippen molar-refractivity contribution in [2.24, 2.45) is 0 Å². The molecule has 2 fully saturated rings. The van der Waals surface area contributed by atoms with E-state index in [1.165, 1.54) is 0 Å². The molecular weight excluding hydrogens is 256 g/mol. The second-order valence-corrected chi connectivity index (χ2v) is 5.49. The Morgan fingerprint density at radius 1 is 1.25 bits per heavy atom. The molecule has 4 rings (SSSR count). The Hall–Kier alpha value is -1.73. The summed E-state index contributed by atoms with van der Waals surface area (Å²) >= 11 is 0. The second kappa shape index (κ2) is 4.68. The molecule has 0 atom stereocenters. The number of piperazine rings is 1. The third-order valence-electron chi connectivity index (χ3n) is 4.25. The highest BCUT2D eigenvalue weighted by Gasteiger charge is 2.34. The number of fused-ring (bicyclic) bond motifs is 1. The van der Waals surface area contributed by atoms with Gasteiger partial charge in [0.25, 0.3) is 5.71 Å². The molecule has 1 N–H and O–H groups in total. The van der Waals surface area contributed by atoms with Gasteiger partial charge in [-0.1, -0.05) is 5.16 Å². The van der Waals surface area contributed by atoms with Crippen LogP contribution in [0.4, 0.5) is 5.82 Å². The van der Waals surface area contributed by atoms with E-state index < -0.39 is 0 Å². The third kappa shape index (κ3) is 1.85. The normalized spacial score (nSPS) is 21.4. The van der Waals surface area contributed by atoms with Gasteiger partial charge in [-0.2, -0.15) is 4.98 Å². The van der Waals surface area contributed by atoms with Crippen LogP contribution in [0.5, 0.6) is 0 Å². The summed E-state index contributed by atoms with van der Waals surface area (Å²) in [5, 5.41) is 8.33. The minimum Gasteiger partial charge on any atom is -0.353 e. The van der Waals surface area contributed by atoms with Crippen molar-refractivity contribution in [1.29, 1.82) is 0 Å². The first kappa shape index (κ1) is 12.0. The monoisotopic (exact) mass is 274 g/mol. The third-order valence-corrected chi connectivity index (χ3v) is 4.25. The fourth-order valence-corrected chi connectivity index (χ4v) is 3.05. The van der Waals surface area contributed by atoms with Crippen molar-refractivity contribution >= 4 is 16.9 Å². The van der Waals surface area contributed by atoms with Gasteiger partial charge in [-0.15, -0.1) is 0 Å². The molecule has 0 aliphatic carbocycles. The van der Waals surface area contributed by atoms with Gasteiger partial charge in [0, 0.05) is 45.3 Å². The van der Waals surface area contributed by atoms with Crippen molar-refractivity contribution in [3.63, 3.8) is 0 Å². The van der Waals surface area contributed by atoms with E-state index in [1.807, 2.05) is 6.92 Å². The standard InChI is InChI=1S/C13H18N6O/c1-9-11-12(15-8-16-13(11)20-17-9)19-6-10(7-19)18-4-2-14-3-5-18/h8,10,14H,2-7H2,1H3. The fourth-order valence-electron chi connectivity index (χ4n) is 3.05. The lowest BCUT2D eigenvalue weighted by Crippen LogP contribution is -2.63. The van der Waals surface area contributed by atoms with Crippen molar-refractivity contribution in [2.45, 2.75) is 13.0 Å². The van der Waals surface area contributed by atoms with Crippen LogP contribution in [0.1, 0.15) is 5.69 Å². The lowest BCUT2D eigenvalue weighted by molar-refractivity contribution is 0.147. The van der Waals surface area contributed by atoms with Crippen LogP contribution in [-0.2, 0) is 0 Å². The number of anilines is 1. The highest BCUT2D eigenvalue weighted by molar-refractivity contribution is 5.88. The number of hydrogen-bond donors (Lipinski definition) is 1. The molecule has 2 aliphatic heterocycles. The largest absolute Gasteiger partial charge is 0.353 e.